The van der Waals surface area contributed by atoms with Gasteiger partial charge >= 0.3 is 0 Å². The Morgan fingerprint density at radius 2 is 0.432 bits per heavy atom. The molecule has 0 radical (unpaired) electrons. The second kappa shape index (κ2) is 16.0. The fourth-order valence-corrected chi connectivity index (χ4v) is 53.1. The summed E-state index contributed by atoms with van der Waals surface area (Å²) in [4.78, 5) is 0. The molecule has 95 heavy (non-hydrogen) atoms. The minimum atomic E-state index is 0.468. The lowest BCUT2D eigenvalue weighted by atomic mass is 9.18. The Morgan fingerprint density at radius 1 is 0.232 bits per heavy atom. The maximum atomic E-state index is 13.9. The first-order valence-corrected chi connectivity index (χ1v) is 46.2. The molecule has 32 aliphatic rings. The van der Waals surface area contributed by atoms with Crippen LogP contribution in [0.5, 0.6) is 0 Å². The SMILES string of the molecule is CCC1(C)CC2CC3CC4CC5CC6CC7CC8CC9CC%10CCC%11C%12C%10C%10C9C9C8C8C7C7C6C6C5C5C4C4C3C3C2C2C%13C(CCC%14CC%15CC%16CC%17CC%18CC%19CC%20CC%21CC%22CCC(C%12C%22C%10C%21C9C%20C8C%19C7C%18C6C%17C5C%16C4C%15C3C%14%13)C%113CC3[NH+](C)[O-])CCC21. The van der Waals surface area contributed by atoms with Crippen LogP contribution < -0.4 is 5.06 Å². The van der Waals surface area contributed by atoms with E-state index in [0.29, 0.717) is 21.9 Å². The topological polar surface area (TPSA) is 27.5 Å². The van der Waals surface area contributed by atoms with E-state index in [-0.39, 0.29) is 0 Å². The van der Waals surface area contributed by atoms with Crippen LogP contribution in [0, 0.1) is 371 Å². The van der Waals surface area contributed by atoms with Gasteiger partial charge in [-0.25, -0.2) is 0 Å². The van der Waals surface area contributed by atoms with Gasteiger partial charge in [0.1, 0.15) is 0 Å². The van der Waals surface area contributed by atoms with Crippen LogP contribution in [0.3, 0.4) is 0 Å². The predicted molar refractivity (Wildman–Crippen MR) is 364 cm³/mol. The molecule has 32 rings (SSSR count). The minimum absolute atomic E-state index is 0.468. The molecule has 1 spiro atoms. The Kier molecular flexibility index (Phi) is 8.91. The van der Waals surface area contributed by atoms with Crippen LogP contribution in [0.2, 0.25) is 0 Å². The van der Waals surface area contributed by atoms with Gasteiger partial charge in [0.15, 0.2) is 0 Å². The summed E-state index contributed by atoms with van der Waals surface area (Å²) in [5, 5.41) is 14.6. The average molecular weight is 1270 g/mol. The Hall–Kier alpha value is -0.0800. The Balaban J connectivity index is 0.571. The maximum absolute atomic E-state index is 13.9. The fourth-order valence-electron chi connectivity index (χ4n) is 53.1. The summed E-state index contributed by atoms with van der Waals surface area (Å²) in [6, 6.07) is 0.468. The van der Waals surface area contributed by atoms with Crippen LogP contribution in [0.4, 0.5) is 0 Å². The van der Waals surface area contributed by atoms with Crippen LogP contribution in [-0.2, 0) is 0 Å². The molecular weight excluding hydrogens is 1150 g/mol. The molecule has 0 aromatic carbocycles. The van der Waals surface area contributed by atoms with E-state index in [2.05, 4.69) is 20.9 Å². The largest absolute Gasteiger partial charge is 0.634 e. The van der Waals surface area contributed by atoms with Crippen LogP contribution in [0.15, 0.2) is 0 Å². The van der Waals surface area contributed by atoms with Gasteiger partial charge in [-0.1, -0.05) is 20.3 Å². The maximum Gasteiger partial charge on any atom is 0.0942 e. The van der Waals surface area contributed by atoms with Crippen molar-refractivity contribution < 1.29 is 5.06 Å². The van der Waals surface area contributed by atoms with Crippen molar-refractivity contribution in [3.8, 4) is 0 Å². The molecular formula is C93H125NO. The predicted octanol–water partition coefficient (Wildman–Crippen LogP) is 17.3. The quantitative estimate of drug-likeness (QED) is 0.274. The highest BCUT2D eigenvalue weighted by Crippen LogP contribution is 2.93. The van der Waals surface area contributed by atoms with Crippen molar-refractivity contribution >= 4 is 0 Å². The van der Waals surface area contributed by atoms with Crippen molar-refractivity contribution in [2.45, 2.75) is 193 Å². The third kappa shape index (κ3) is 5.09. The third-order valence-electron chi connectivity index (χ3n) is 50.7. The van der Waals surface area contributed by atoms with Gasteiger partial charge in [-0.2, -0.15) is 0 Å². The van der Waals surface area contributed by atoms with Crippen molar-refractivity contribution in [3.05, 3.63) is 5.21 Å². The number of quaternary nitrogens is 1. The first-order chi connectivity index (χ1) is 46.7. The summed E-state index contributed by atoms with van der Waals surface area (Å²) in [6.45, 7) is 5.67. The van der Waals surface area contributed by atoms with Gasteiger partial charge in [-0.05, 0) is 521 Å². The van der Waals surface area contributed by atoms with Gasteiger partial charge in [-0.3, -0.25) is 0 Å². The number of fused-ring (bicyclic) bond motifs is 2. The number of hydrogen-bond donors (Lipinski definition) is 1. The molecule has 64 atom stereocenters. The van der Waals surface area contributed by atoms with E-state index in [0.717, 1.165) is 183 Å². The molecule has 1 N–H and O–H groups in total. The number of hydroxylamine groups is 2. The van der Waals surface area contributed by atoms with E-state index in [1.165, 1.54) is 184 Å². The van der Waals surface area contributed by atoms with Crippen molar-refractivity contribution in [1.29, 1.82) is 0 Å². The smallest absolute Gasteiger partial charge is 0.0942 e. The third-order valence-corrected chi connectivity index (χ3v) is 50.7. The van der Waals surface area contributed by atoms with Gasteiger partial charge in [0, 0.05) is 11.8 Å². The van der Waals surface area contributed by atoms with Crippen LogP contribution in [0.1, 0.15) is 187 Å². The van der Waals surface area contributed by atoms with E-state index in [1.807, 2.05) is 0 Å². The molecule has 508 valence electrons. The zero-order valence-electron chi connectivity index (χ0n) is 59.2. The van der Waals surface area contributed by atoms with E-state index in [4.69, 9.17) is 0 Å². The molecule has 0 bridgehead atoms. The molecule has 32 saturated carbocycles. The van der Waals surface area contributed by atoms with Gasteiger partial charge in [-0.15, -0.1) is 0 Å². The molecule has 0 aromatic heterocycles. The van der Waals surface area contributed by atoms with Crippen LogP contribution >= 0.6 is 0 Å². The highest BCUT2D eigenvalue weighted by Gasteiger charge is 2.89. The number of nitrogens with one attached hydrogen (secondary N) is 1. The zero-order valence-corrected chi connectivity index (χ0v) is 59.2. The van der Waals surface area contributed by atoms with Crippen molar-refractivity contribution in [1.82, 2.24) is 0 Å². The van der Waals surface area contributed by atoms with Gasteiger partial charge < -0.3 is 10.3 Å². The summed E-state index contributed by atoms with van der Waals surface area (Å²) < 4.78 is 0. The monoisotopic (exact) mass is 1270 g/mol. The van der Waals surface area contributed by atoms with E-state index in [9.17, 15) is 5.21 Å². The van der Waals surface area contributed by atoms with E-state index in [1.54, 1.807) is 161 Å². The lowest BCUT2D eigenvalue weighted by Crippen LogP contribution is -3.06. The molecule has 0 heterocycles. The molecule has 2 nitrogen and oxygen atoms in total. The summed E-state index contributed by atoms with van der Waals surface area (Å²) in [5.74, 6) is 69.2. The number of rotatable bonds is 2. The highest BCUT2D eigenvalue weighted by molar-refractivity contribution is 5.36. The van der Waals surface area contributed by atoms with Crippen molar-refractivity contribution in [2.24, 2.45) is 366 Å². The first-order valence-electron chi connectivity index (χ1n) is 46.2. The molecule has 64 unspecified atom stereocenters. The lowest BCUT2D eigenvalue weighted by Gasteiger charge is -2.87. The molecule has 2 heteroatoms. The van der Waals surface area contributed by atoms with Crippen LogP contribution in [0.25, 0.3) is 0 Å². The second-order valence-corrected chi connectivity index (χ2v) is 49.0. The van der Waals surface area contributed by atoms with Crippen LogP contribution in [-0.4, -0.2) is 13.1 Å². The molecule has 0 amide bonds. The summed E-state index contributed by atoms with van der Waals surface area (Å²) in [7, 11) is 2.09. The van der Waals surface area contributed by atoms with E-state index < -0.39 is 0 Å². The summed E-state index contributed by atoms with van der Waals surface area (Å²) in [6.07, 6.45) is 45.9. The lowest BCUT2D eigenvalue weighted by molar-refractivity contribution is -0.842. The van der Waals surface area contributed by atoms with Crippen molar-refractivity contribution in [3.63, 3.8) is 0 Å². The number of hydrogen-bond acceptors (Lipinski definition) is 1. The van der Waals surface area contributed by atoms with Gasteiger partial charge in [0.05, 0.1) is 13.1 Å². The minimum Gasteiger partial charge on any atom is -0.634 e. The molecule has 32 aliphatic carbocycles. The van der Waals surface area contributed by atoms with Crippen molar-refractivity contribution in [2.75, 3.05) is 7.05 Å². The standard InChI is InChI=1S/C93H125NO/c1-4-92(2)29-49-28-48-27-47-26-46-25-45-24-43-21-40-18-37-15-34-9-12-52-75-57(34)78-60(37)81-63(40)84-66(43)87-68(45)88-69(46)89-70(47)90-71(48)91-72(49)73-50(92)10-7-31-5-6-32-13-35-16-38-19-41-22-44-23-42-20-39-17-36-14-33-8-11-51(93(52)30-53(93)94(3)95)74(75)56(33)77(78)59(36)80(81)62(39)83(84)65(42)86(87)67(44)85(88)64(41)82(89)61(38)79(90)58(35)76(91)55(32)54(31)73/h31-91,94H,4-30H2,1-3H3. The highest BCUT2D eigenvalue weighted by atomic mass is 16.5. The molecule has 0 aliphatic heterocycles. The van der Waals surface area contributed by atoms with Gasteiger partial charge in [0.25, 0.3) is 0 Å². The average Bonchev–Trinajstić information content (AvgIpc) is 1.58. The Labute approximate surface area is 573 Å². The zero-order chi connectivity index (χ0) is 59.9. The fraction of sp³-hybridized carbons (Fsp3) is 1.00. The molecule has 32 fully saturated rings. The normalized spacial score (nSPS) is 80.8. The molecule has 0 saturated heterocycles. The first kappa shape index (κ1) is 52.8. The summed E-state index contributed by atoms with van der Waals surface area (Å²) in [5.41, 5.74) is 1.11. The van der Waals surface area contributed by atoms with Gasteiger partial charge in [0.2, 0.25) is 0 Å². The second-order valence-electron chi connectivity index (χ2n) is 49.0. The summed E-state index contributed by atoms with van der Waals surface area (Å²) >= 11 is 0. The molecule has 0 aromatic rings. The van der Waals surface area contributed by atoms with E-state index >= 15 is 0 Å². The Morgan fingerprint density at radius 3 is 0.716 bits per heavy atom. The Bertz CT molecular complexity index is 3530.